The fourth-order valence-corrected chi connectivity index (χ4v) is 3.06. The molecule has 0 spiro atoms. The van der Waals surface area contributed by atoms with E-state index in [0.717, 1.165) is 38.5 Å². The molecule has 2 fully saturated rings. The Hall–Kier alpha value is -0.610. The van der Waals surface area contributed by atoms with Crippen LogP contribution in [0.25, 0.3) is 0 Å². The van der Waals surface area contributed by atoms with Gasteiger partial charge in [-0.25, -0.2) is 0 Å². The molecule has 0 aromatic heterocycles. The number of aliphatic hydroxyl groups excluding tert-OH is 1. The van der Waals surface area contributed by atoms with Crippen molar-refractivity contribution in [2.24, 2.45) is 17.6 Å². The SMILES string of the molecule is NC1CCC(C(=O)NCC2CCCCC2O)C1. The molecule has 2 saturated carbocycles. The third-order valence-electron chi connectivity index (χ3n) is 4.25. The highest BCUT2D eigenvalue weighted by Crippen LogP contribution is 2.26. The smallest absolute Gasteiger partial charge is 0.223 e. The van der Waals surface area contributed by atoms with E-state index in [-0.39, 0.29) is 29.9 Å². The summed E-state index contributed by atoms with van der Waals surface area (Å²) in [5, 5.41) is 12.8. The molecule has 0 bridgehead atoms. The molecule has 17 heavy (non-hydrogen) atoms. The lowest BCUT2D eigenvalue weighted by molar-refractivity contribution is -0.125. The first kappa shape index (κ1) is 12.8. The number of hydrogen-bond donors (Lipinski definition) is 3. The van der Waals surface area contributed by atoms with Gasteiger partial charge in [-0.05, 0) is 32.1 Å². The van der Waals surface area contributed by atoms with E-state index < -0.39 is 0 Å². The topological polar surface area (TPSA) is 75.4 Å². The highest BCUT2D eigenvalue weighted by Gasteiger charge is 2.29. The van der Waals surface area contributed by atoms with Crippen molar-refractivity contribution in [1.82, 2.24) is 5.32 Å². The maximum atomic E-state index is 11.9. The summed E-state index contributed by atoms with van der Waals surface area (Å²) >= 11 is 0. The molecule has 98 valence electrons. The summed E-state index contributed by atoms with van der Waals surface area (Å²) in [7, 11) is 0. The van der Waals surface area contributed by atoms with Gasteiger partial charge < -0.3 is 16.2 Å². The summed E-state index contributed by atoms with van der Waals surface area (Å²) in [5.74, 6) is 0.490. The Morgan fingerprint density at radius 2 is 2.00 bits per heavy atom. The minimum absolute atomic E-state index is 0.103. The Bertz CT molecular complexity index is 270. The summed E-state index contributed by atoms with van der Waals surface area (Å²) in [6, 6.07) is 0.200. The molecule has 0 aromatic rings. The zero-order chi connectivity index (χ0) is 12.3. The molecule has 2 aliphatic rings. The molecule has 0 aliphatic heterocycles. The van der Waals surface area contributed by atoms with Crippen LogP contribution in [-0.2, 0) is 4.79 Å². The average Bonchev–Trinajstić information content (AvgIpc) is 2.74. The van der Waals surface area contributed by atoms with Crippen molar-refractivity contribution < 1.29 is 9.90 Å². The Labute approximate surface area is 103 Å². The minimum atomic E-state index is -0.227. The van der Waals surface area contributed by atoms with E-state index in [0.29, 0.717) is 6.54 Å². The predicted molar refractivity (Wildman–Crippen MR) is 66.3 cm³/mol. The number of nitrogens with two attached hydrogens (primary N) is 1. The number of aliphatic hydroxyl groups is 1. The van der Waals surface area contributed by atoms with Crippen LogP contribution in [0.4, 0.5) is 0 Å². The van der Waals surface area contributed by atoms with Crippen molar-refractivity contribution in [2.75, 3.05) is 6.54 Å². The van der Waals surface area contributed by atoms with E-state index in [1.807, 2.05) is 0 Å². The summed E-state index contributed by atoms with van der Waals surface area (Å²) in [5.41, 5.74) is 5.80. The van der Waals surface area contributed by atoms with Crippen molar-refractivity contribution >= 4 is 5.91 Å². The normalized spacial score (nSPS) is 38.0. The fourth-order valence-electron chi connectivity index (χ4n) is 3.06. The highest BCUT2D eigenvalue weighted by atomic mass is 16.3. The Morgan fingerprint density at radius 3 is 2.65 bits per heavy atom. The van der Waals surface area contributed by atoms with Gasteiger partial charge in [0.25, 0.3) is 0 Å². The number of amides is 1. The summed E-state index contributed by atoms with van der Waals surface area (Å²) in [4.78, 5) is 11.9. The van der Waals surface area contributed by atoms with Gasteiger partial charge in [-0.15, -0.1) is 0 Å². The van der Waals surface area contributed by atoms with Crippen LogP contribution in [-0.4, -0.2) is 29.7 Å². The van der Waals surface area contributed by atoms with Gasteiger partial charge in [-0.3, -0.25) is 4.79 Å². The van der Waals surface area contributed by atoms with Gasteiger partial charge in [-0.1, -0.05) is 12.8 Å². The van der Waals surface area contributed by atoms with Gasteiger partial charge in [-0.2, -0.15) is 0 Å². The molecule has 4 heteroatoms. The molecule has 0 radical (unpaired) electrons. The first-order valence-electron chi connectivity index (χ1n) is 6.88. The van der Waals surface area contributed by atoms with Crippen molar-refractivity contribution in [2.45, 2.75) is 57.1 Å². The second kappa shape index (κ2) is 5.83. The molecule has 2 rings (SSSR count). The van der Waals surface area contributed by atoms with Crippen LogP contribution < -0.4 is 11.1 Å². The summed E-state index contributed by atoms with van der Waals surface area (Å²) < 4.78 is 0. The van der Waals surface area contributed by atoms with Gasteiger partial charge in [0, 0.05) is 24.4 Å². The molecule has 4 nitrogen and oxygen atoms in total. The standard InChI is InChI=1S/C13H24N2O2/c14-11-6-5-9(7-11)13(17)15-8-10-3-1-2-4-12(10)16/h9-12,16H,1-8,14H2,(H,15,17). The molecule has 4 N–H and O–H groups in total. The molecule has 0 saturated heterocycles. The van der Waals surface area contributed by atoms with Crippen LogP contribution in [0, 0.1) is 11.8 Å². The molecule has 1 amide bonds. The summed E-state index contributed by atoms with van der Waals surface area (Å²) in [6.07, 6.45) is 6.67. The average molecular weight is 240 g/mol. The van der Waals surface area contributed by atoms with E-state index in [4.69, 9.17) is 5.73 Å². The lowest BCUT2D eigenvalue weighted by Crippen LogP contribution is -2.39. The number of carbonyl (C=O) groups excluding carboxylic acids is 1. The van der Waals surface area contributed by atoms with Crippen molar-refractivity contribution in [3.63, 3.8) is 0 Å². The van der Waals surface area contributed by atoms with Gasteiger partial charge in [0.2, 0.25) is 5.91 Å². The zero-order valence-electron chi connectivity index (χ0n) is 10.4. The summed E-state index contributed by atoms with van der Waals surface area (Å²) in [6.45, 7) is 0.631. The fraction of sp³-hybridized carbons (Fsp3) is 0.923. The number of carbonyl (C=O) groups is 1. The maximum absolute atomic E-state index is 11.9. The molecule has 4 atom stereocenters. The highest BCUT2D eigenvalue weighted by molar-refractivity contribution is 5.79. The first-order chi connectivity index (χ1) is 8.16. The van der Waals surface area contributed by atoms with Crippen LogP contribution in [0.1, 0.15) is 44.9 Å². The lowest BCUT2D eigenvalue weighted by Gasteiger charge is -2.28. The molecule has 4 unspecified atom stereocenters. The van der Waals surface area contributed by atoms with E-state index >= 15 is 0 Å². The maximum Gasteiger partial charge on any atom is 0.223 e. The van der Waals surface area contributed by atoms with Gasteiger partial charge in [0.15, 0.2) is 0 Å². The number of hydrogen-bond acceptors (Lipinski definition) is 3. The largest absolute Gasteiger partial charge is 0.393 e. The Kier molecular flexibility index (Phi) is 4.40. The van der Waals surface area contributed by atoms with Crippen LogP contribution in [0.2, 0.25) is 0 Å². The van der Waals surface area contributed by atoms with Crippen LogP contribution in [0.15, 0.2) is 0 Å². The van der Waals surface area contributed by atoms with Gasteiger partial charge in [0.05, 0.1) is 6.10 Å². The zero-order valence-corrected chi connectivity index (χ0v) is 10.4. The Balaban J connectivity index is 1.72. The molecule has 0 heterocycles. The first-order valence-corrected chi connectivity index (χ1v) is 6.88. The van der Waals surface area contributed by atoms with E-state index in [1.165, 1.54) is 6.42 Å². The lowest BCUT2D eigenvalue weighted by atomic mass is 9.86. The number of rotatable bonds is 3. The van der Waals surface area contributed by atoms with E-state index in [1.54, 1.807) is 0 Å². The second-order valence-corrected chi connectivity index (χ2v) is 5.63. The van der Waals surface area contributed by atoms with Crippen LogP contribution in [0.3, 0.4) is 0 Å². The van der Waals surface area contributed by atoms with Crippen LogP contribution in [0.5, 0.6) is 0 Å². The molecule has 0 aromatic carbocycles. The minimum Gasteiger partial charge on any atom is -0.393 e. The van der Waals surface area contributed by atoms with E-state index in [9.17, 15) is 9.90 Å². The predicted octanol–water partition coefficient (Wildman–Crippen LogP) is 0.781. The quantitative estimate of drug-likeness (QED) is 0.682. The second-order valence-electron chi connectivity index (χ2n) is 5.63. The van der Waals surface area contributed by atoms with Crippen LogP contribution >= 0.6 is 0 Å². The third kappa shape index (κ3) is 3.42. The van der Waals surface area contributed by atoms with E-state index in [2.05, 4.69) is 5.32 Å². The molecule has 2 aliphatic carbocycles. The van der Waals surface area contributed by atoms with Gasteiger partial charge in [0.1, 0.15) is 0 Å². The van der Waals surface area contributed by atoms with Crippen molar-refractivity contribution in [3.8, 4) is 0 Å². The third-order valence-corrected chi connectivity index (χ3v) is 4.25. The van der Waals surface area contributed by atoms with Crippen molar-refractivity contribution in [1.29, 1.82) is 0 Å². The van der Waals surface area contributed by atoms with Gasteiger partial charge >= 0.3 is 0 Å². The monoisotopic (exact) mass is 240 g/mol. The molecular formula is C13H24N2O2. The van der Waals surface area contributed by atoms with Crippen molar-refractivity contribution in [3.05, 3.63) is 0 Å². The number of nitrogens with one attached hydrogen (secondary N) is 1. The Morgan fingerprint density at radius 1 is 1.24 bits per heavy atom. The molecular weight excluding hydrogens is 216 g/mol.